The van der Waals surface area contributed by atoms with Gasteiger partial charge in [0.25, 0.3) is 0 Å². The van der Waals surface area contributed by atoms with Gasteiger partial charge in [0, 0.05) is 40.8 Å². The topological polar surface area (TPSA) is 127 Å². The number of pyridine rings is 1. The first kappa shape index (κ1) is 25.3. The van der Waals surface area contributed by atoms with E-state index in [1.165, 1.54) is 17.8 Å². The van der Waals surface area contributed by atoms with Crippen molar-refractivity contribution in [3.8, 4) is 5.75 Å². The van der Waals surface area contributed by atoms with Gasteiger partial charge in [-0.05, 0) is 48.9 Å². The number of fused-ring (bicyclic) bond motifs is 2. The van der Waals surface area contributed by atoms with Crippen molar-refractivity contribution in [1.82, 2.24) is 14.6 Å². The maximum atomic E-state index is 12.8. The molecule has 194 valence electrons. The van der Waals surface area contributed by atoms with Crippen LogP contribution in [0, 0.1) is 0 Å². The molecular formula is C25H26N4O6S2. The van der Waals surface area contributed by atoms with E-state index in [1.54, 1.807) is 30.3 Å². The number of benzene rings is 2. The zero-order valence-electron chi connectivity index (χ0n) is 20.1. The molecule has 0 spiro atoms. The fraction of sp³-hybridized carbons (Fsp3) is 0.320. The van der Waals surface area contributed by atoms with E-state index >= 15 is 0 Å². The van der Waals surface area contributed by atoms with Gasteiger partial charge >= 0.3 is 6.09 Å². The third kappa shape index (κ3) is 5.50. The van der Waals surface area contributed by atoms with Crippen molar-refractivity contribution in [3.63, 3.8) is 0 Å². The summed E-state index contributed by atoms with van der Waals surface area (Å²) in [5.41, 5.74) is 2.25. The van der Waals surface area contributed by atoms with Gasteiger partial charge in [-0.25, -0.2) is 17.9 Å². The van der Waals surface area contributed by atoms with Crippen LogP contribution < -0.4 is 14.8 Å². The van der Waals surface area contributed by atoms with Crippen molar-refractivity contribution in [2.75, 3.05) is 44.4 Å². The van der Waals surface area contributed by atoms with E-state index in [2.05, 4.69) is 15.0 Å². The monoisotopic (exact) mass is 542 g/mol. The molecule has 3 aromatic rings. The zero-order valence-corrected chi connectivity index (χ0v) is 21.7. The standard InChI is InChI=1S/C25H26N4O6S2/c1-34-17-3-5-21-20(11-17)19(7-9-26-21)23-14-29(25(31)35-23)10-2-8-28-37(32,33)18-4-6-24-22(12-18)27-13-16(30)15-36-24/h3-7,9,11-12,23,27-28H,2,8,10,13-15H2,1H3/t23-/m0/s1. The van der Waals surface area contributed by atoms with E-state index in [0.717, 1.165) is 21.4 Å². The number of anilines is 1. The molecule has 2 aliphatic rings. The summed E-state index contributed by atoms with van der Waals surface area (Å²) >= 11 is 1.39. The molecular weight excluding hydrogens is 516 g/mol. The normalized spacial score (nSPS) is 17.8. The van der Waals surface area contributed by atoms with Gasteiger partial charge < -0.3 is 19.7 Å². The van der Waals surface area contributed by atoms with Crippen LogP contribution in [0.25, 0.3) is 10.9 Å². The van der Waals surface area contributed by atoms with Gasteiger partial charge in [-0.2, -0.15) is 0 Å². The van der Waals surface area contributed by atoms with Crippen LogP contribution in [-0.2, 0) is 19.6 Å². The van der Waals surface area contributed by atoms with E-state index in [-0.39, 0.29) is 23.8 Å². The third-order valence-electron chi connectivity index (χ3n) is 6.24. The zero-order chi connectivity index (χ0) is 26.0. The molecule has 1 atom stereocenters. The molecule has 1 saturated heterocycles. The summed E-state index contributed by atoms with van der Waals surface area (Å²) in [5.74, 6) is 1.10. The maximum Gasteiger partial charge on any atom is 0.410 e. The van der Waals surface area contributed by atoms with E-state index in [4.69, 9.17) is 9.47 Å². The van der Waals surface area contributed by atoms with Gasteiger partial charge in [0.15, 0.2) is 5.78 Å². The Balaban J connectivity index is 1.18. The van der Waals surface area contributed by atoms with Gasteiger partial charge in [-0.1, -0.05) is 0 Å². The smallest absolute Gasteiger partial charge is 0.410 e. The minimum atomic E-state index is -3.75. The molecule has 0 radical (unpaired) electrons. The molecule has 3 heterocycles. The van der Waals surface area contributed by atoms with Crippen molar-refractivity contribution in [1.29, 1.82) is 0 Å². The number of Topliss-reactive ketones (excluding diaryl/α,β-unsaturated/α-hetero) is 1. The molecule has 1 fully saturated rings. The number of nitrogens with zero attached hydrogens (tertiary/aromatic N) is 2. The lowest BCUT2D eigenvalue weighted by Gasteiger charge is -2.14. The summed E-state index contributed by atoms with van der Waals surface area (Å²) in [6, 6.07) is 12.2. The molecule has 0 saturated carbocycles. The molecule has 2 aliphatic heterocycles. The number of methoxy groups -OCH3 is 1. The number of ether oxygens (including phenoxy) is 2. The first-order valence-electron chi connectivity index (χ1n) is 11.7. The molecule has 5 rings (SSSR count). The number of sulfonamides is 1. The van der Waals surface area contributed by atoms with Crippen molar-refractivity contribution < 1.29 is 27.5 Å². The summed E-state index contributed by atoms with van der Waals surface area (Å²) in [4.78, 5) is 31.1. The molecule has 2 aromatic carbocycles. The molecule has 2 N–H and O–H groups in total. The highest BCUT2D eigenvalue weighted by atomic mass is 32.2. The highest BCUT2D eigenvalue weighted by molar-refractivity contribution is 8.00. The molecule has 10 nitrogen and oxygen atoms in total. The summed E-state index contributed by atoms with van der Waals surface area (Å²) in [6.07, 6.45) is 1.20. The van der Waals surface area contributed by atoms with Crippen molar-refractivity contribution in [3.05, 3.63) is 54.2 Å². The third-order valence-corrected chi connectivity index (χ3v) is 8.83. The molecule has 37 heavy (non-hydrogen) atoms. The highest BCUT2D eigenvalue weighted by Gasteiger charge is 2.33. The number of hydrogen-bond donors (Lipinski definition) is 2. The summed E-state index contributed by atoms with van der Waals surface area (Å²) in [7, 11) is -2.16. The van der Waals surface area contributed by atoms with E-state index in [9.17, 15) is 18.0 Å². The number of cyclic esters (lactones) is 1. The average molecular weight is 543 g/mol. The Morgan fingerprint density at radius 3 is 2.92 bits per heavy atom. The minimum absolute atomic E-state index is 0.0586. The van der Waals surface area contributed by atoms with E-state index < -0.39 is 22.2 Å². The molecule has 0 bridgehead atoms. The summed E-state index contributed by atoms with van der Waals surface area (Å²) in [6.45, 7) is 1.03. The van der Waals surface area contributed by atoms with E-state index in [0.29, 0.717) is 36.7 Å². The van der Waals surface area contributed by atoms with Gasteiger partial charge in [-0.3, -0.25) is 9.78 Å². The van der Waals surface area contributed by atoms with Crippen LogP contribution in [0.15, 0.2) is 58.5 Å². The van der Waals surface area contributed by atoms with Crippen LogP contribution >= 0.6 is 11.8 Å². The van der Waals surface area contributed by atoms with Crippen LogP contribution in [0.1, 0.15) is 18.1 Å². The number of amides is 1. The van der Waals surface area contributed by atoms with Gasteiger partial charge in [0.2, 0.25) is 10.0 Å². The van der Waals surface area contributed by atoms with Crippen molar-refractivity contribution in [2.45, 2.75) is 22.3 Å². The number of ketones is 1. The lowest BCUT2D eigenvalue weighted by molar-refractivity contribution is -0.115. The summed E-state index contributed by atoms with van der Waals surface area (Å²) in [5, 5.41) is 3.85. The quantitative estimate of drug-likeness (QED) is 0.413. The Morgan fingerprint density at radius 2 is 2.08 bits per heavy atom. The van der Waals surface area contributed by atoms with E-state index in [1.807, 2.05) is 24.3 Å². The number of thioether (sulfide) groups is 1. The Hall–Kier alpha value is -3.35. The average Bonchev–Trinajstić information content (AvgIpc) is 3.16. The molecule has 12 heteroatoms. The molecule has 1 aromatic heterocycles. The van der Waals surface area contributed by atoms with Gasteiger partial charge in [0.05, 0.1) is 36.4 Å². The molecule has 0 unspecified atom stereocenters. The van der Waals surface area contributed by atoms with Crippen LogP contribution in [0.5, 0.6) is 5.75 Å². The fourth-order valence-corrected chi connectivity index (χ4v) is 6.28. The second kappa shape index (κ2) is 10.6. The van der Waals surface area contributed by atoms with Gasteiger partial charge in [-0.15, -0.1) is 11.8 Å². The second-order valence-corrected chi connectivity index (χ2v) is 11.5. The first-order chi connectivity index (χ1) is 17.8. The number of carbonyl (C=O) groups is 2. The molecule has 1 amide bonds. The number of nitrogens with one attached hydrogen (secondary N) is 2. The SMILES string of the molecule is COc1ccc2nccc([C@@H]3CN(CCCNS(=O)(=O)c4ccc5c(c4)NCC(=O)CS5)C(=O)O3)c2c1. The number of aromatic nitrogens is 1. The first-order valence-corrected chi connectivity index (χ1v) is 14.2. The number of hydrogen-bond acceptors (Lipinski definition) is 9. The Bertz CT molecular complexity index is 1460. The lowest BCUT2D eigenvalue weighted by atomic mass is 10.0. The predicted octanol–water partition coefficient (Wildman–Crippen LogP) is 3.19. The van der Waals surface area contributed by atoms with Crippen LogP contribution in [0.4, 0.5) is 10.5 Å². The van der Waals surface area contributed by atoms with Crippen molar-refractivity contribution in [2.24, 2.45) is 0 Å². The highest BCUT2D eigenvalue weighted by Crippen LogP contribution is 2.33. The number of rotatable bonds is 8. The minimum Gasteiger partial charge on any atom is -0.497 e. The fourth-order valence-electron chi connectivity index (χ4n) is 4.31. The summed E-state index contributed by atoms with van der Waals surface area (Å²) < 4.78 is 39.2. The van der Waals surface area contributed by atoms with Crippen LogP contribution in [-0.4, -0.2) is 69.2 Å². The van der Waals surface area contributed by atoms with Gasteiger partial charge in [0.1, 0.15) is 11.9 Å². The lowest BCUT2D eigenvalue weighted by Crippen LogP contribution is -2.30. The maximum absolute atomic E-state index is 12.8. The Labute approximate surface area is 218 Å². The Morgan fingerprint density at radius 1 is 1.22 bits per heavy atom. The Kier molecular flexibility index (Phi) is 7.22. The number of carbonyl (C=O) groups excluding carboxylic acids is 2. The van der Waals surface area contributed by atoms with Crippen molar-refractivity contribution >= 4 is 50.3 Å². The second-order valence-electron chi connectivity index (χ2n) is 8.69. The largest absolute Gasteiger partial charge is 0.497 e. The van der Waals surface area contributed by atoms with Crippen LogP contribution in [0.2, 0.25) is 0 Å². The van der Waals surface area contributed by atoms with Crippen LogP contribution in [0.3, 0.4) is 0 Å². The molecule has 0 aliphatic carbocycles. The predicted molar refractivity (Wildman–Crippen MR) is 140 cm³/mol.